The summed E-state index contributed by atoms with van der Waals surface area (Å²) in [7, 11) is 0. The number of aliphatic hydroxyl groups excluding tert-OH is 4. The van der Waals surface area contributed by atoms with Crippen LogP contribution in [0.5, 0.6) is 0 Å². The standard InChI is InChI=1S/C6H12O5/c1-2-3(7)4(8)5(9)6(10)11-2/h2-10H,1H3/t2-,3-,4-,5+,6?/m0/s1. The summed E-state index contributed by atoms with van der Waals surface area (Å²) in [5, 5.41) is 36.0. The van der Waals surface area contributed by atoms with E-state index in [9.17, 15) is 0 Å². The highest BCUT2D eigenvalue weighted by Gasteiger charge is 2.40. The lowest BCUT2D eigenvalue weighted by atomic mass is 10.0. The first-order chi connectivity index (χ1) is 5.04. The van der Waals surface area contributed by atoms with Crippen LogP contribution in [-0.4, -0.2) is 51.1 Å². The Balaban J connectivity index is 2.63. The van der Waals surface area contributed by atoms with Gasteiger partial charge >= 0.3 is 0 Å². The lowest BCUT2D eigenvalue weighted by molar-refractivity contribution is -0.277. The molecule has 0 saturated carbocycles. The van der Waals surface area contributed by atoms with Gasteiger partial charge in [-0.05, 0) is 6.92 Å². The number of ether oxygens (including phenoxy) is 1. The van der Waals surface area contributed by atoms with Crippen molar-refractivity contribution in [2.75, 3.05) is 0 Å². The first-order valence-corrected chi connectivity index (χ1v) is 3.41. The molecule has 0 aromatic carbocycles. The van der Waals surface area contributed by atoms with Crippen LogP contribution in [0.1, 0.15) is 6.92 Å². The smallest absolute Gasteiger partial charge is 0.183 e. The van der Waals surface area contributed by atoms with Crippen molar-refractivity contribution in [3.8, 4) is 0 Å². The number of rotatable bonds is 0. The zero-order valence-electron chi connectivity index (χ0n) is 6.08. The summed E-state index contributed by atoms with van der Waals surface area (Å²) in [5.41, 5.74) is 0. The Hall–Kier alpha value is -0.200. The molecule has 0 aromatic rings. The van der Waals surface area contributed by atoms with Crippen molar-refractivity contribution in [2.24, 2.45) is 0 Å². The largest absolute Gasteiger partial charge is 0.388 e. The molecule has 0 aliphatic carbocycles. The molecule has 11 heavy (non-hydrogen) atoms. The maximum atomic E-state index is 9.09. The van der Waals surface area contributed by atoms with Crippen LogP contribution in [0, 0.1) is 0 Å². The van der Waals surface area contributed by atoms with E-state index in [1.54, 1.807) is 0 Å². The minimum Gasteiger partial charge on any atom is -0.388 e. The van der Waals surface area contributed by atoms with Gasteiger partial charge in [0.05, 0.1) is 6.10 Å². The molecule has 1 aliphatic heterocycles. The molecule has 0 amide bonds. The fraction of sp³-hybridized carbons (Fsp3) is 1.00. The van der Waals surface area contributed by atoms with Gasteiger partial charge in [-0.3, -0.25) is 0 Å². The summed E-state index contributed by atoms with van der Waals surface area (Å²) in [6.07, 6.45) is -5.99. The molecular formula is C6H12O5. The molecule has 1 unspecified atom stereocenters. The van der Waals surface area contributed by atoms with Gasteiger partial charge in [0.25, 0.3) is 0 Å². The van der Waals surface area contributed by atoms with Crippen LogP contribution in [-0.2, 0) is 4.74 Å². The summed E-state index contributed by atoms with van der Waals surface area (Å²) in [6, 6.07) is 0. The van der Waals surface area contributed by atoms with Crippen molar-refractivity contribution in [3.05, 3.63) is 0 Å². The topological polar surface area (TPSA) is 90.2 Å². The second kappa shape index (κ2) is 3.04. The summed E-state index contributed by atoms with van der Waals surface area (Å²) < 4.78 is 4.68. The molecule has 0 radical (unpaired) electrons. The third-order valence-electron chi connectivity index (χ3n) is 1.83. The molecule has 5 heteroatoms. The quantitative estimate of drug-likeness (QED) is 0.326. The minimum absolute atomic E-state index is 0.664. The molecule has 1 saturated heterocycles. The molecule has 1 fully saturated rings. The lowest BCUT2D eigenvalue weighted by Crippen LogP contribution is -2.56. The maximum Gasteiger partial charge on any atom is 0.183 e. The molecule has 5 atom stereocenters. The second-order valence-corrected chi connectivity index (χ2v) is 2.70. The monoisotopic (exact) mass is 164 g/mol. The fourth-order valence-electron chi connectivity index (χ4n) is 1.03. The van der Waals surface area contributed by atoms with Crippen molar-refractivity contribution in [1.29, 1.82) is 0 Å². The van der Waals surface area contributed by atoms with Crippen LogP contribution in [0.3, 0.4) is 0 Å². The van der Waals surface area contributed by atoms with Crippen LogP contribution < -0.4 is 0 Å². The minimum atomic E-state index is -1.43. The van der Waals surface area contributed by atoms with Gasteiger partial charge in [0.15, 0.2) is 6.29 Å². The number of hydrogen-bond acceptors (Lipinski definition) is 5. The van der Waals surface area contributed by atoms with Crippen LogP contribution in [0.4, 0.5) is 0 Å². The van der Waals surface area contributed by atoms with Gasteiger partial charge in [-0.2, -0.15) is 0 Å². The molecule has 1 aliphatic rings. The van der Waals surface area contributed by atoms with E-state index in [0.717, 1.165) is 0 Å². The third kappa shape index (κ3) is 1.52. The normalized spacial score (nSPS) is 52.6. The fourth-order valence-corrected chi connectivity index (χ4v) is 1.03. The van der Waals surface area contributed by atoms with Gasteiger partial charge in [-0.1, -0.05) is 0 Å². The Kier molecular flexibility index (Phi) is 2.46. The summed E-state index contributed by atoms with van der Waals surface area (Å²) in [4.78, 5) is 0. The molecule has 0 spiro atoms. The van der Waals surface area contributed by atoms with Gasteiger partial charge in [0.2, 0.25) is 0 Å². The SMILES string of the molecule is C[C@@H]1OC(O)[C@H](O)[C@@H](O)[C@H]1O. The van der Waals surface area contributed by atoms with E-state index >= 15 is 0 Å². The predicted molar refractivity (Wildman–Crippen MR) is 34.6 cm³/mol. The van der Waals surface area contributed by atoms with E-state index in [1.807, 2.05) is 0 Å². The Bertz CT molecular complexity index is 125. The average molecular weight is 164 g/mol. The highest BCUT2D eigenvalue weighted by molar-refractivity contribution is 4.86. The second-order valence-electron chi connectivity index (χ2n) is 2.70. The van der Waals surface area contributed by atoms with Gasteiger partial charge in [-0.25, -0.2) is 0 Å². The van der Waals surface area contributed by atoms with Crippen molar-refractivity contribution in [2.45, 2.75) is 37.6 Å². The van der Waals surface area contributed by atoms with Gasteiger partial charge < -0.3 is 25.2 Å². The predicted octanol–water partition coefficient (Wildman–Crippen LogP) is -2.19. The molecule has 4 N–H and O–H groups in total. The zero-order valence-corrected chi connectivity index (χ0v) is 6.08. The van der Waals surface area contributed by atoms with Crippen molar-refractivity contribution in [3.63, 3.8) is 0 Å². The lowest BCUT2D eigenvalue weighted by Gasteiger charge is -2.36. The molecule has 1 rings (SSSR count). The summed E-state index contributed by atoms with van der Waals surface area (Å²) in [6.45, 7) is 1.50. The van der Waals surface area contributed by atoms with Crippen LogP contribution in [0.2, 0.25) is 0 Å². The van der Waals surface area contributed by atoms with E-state index in [4.69, 9.17) is 20.4 Å². The molecule has 5 nitrogen and oxygen atoms in total. The average Bonchev–Trinajstić information content (AvgIpc) is 1.97. The third-order valence-corrected chi connectivity index (χ3v) is 1.83. The Labute approximate surface area is 63.8 Å². The zero-order chi connectivity index (χ0) is 8.59. The number of hydrogen-bond donors (Lipinski definition) is 4. The van der Waals surface area contributed by atoms with E-state index in [-0.39, 0.29) is 0 Å². The van der Waals surface area contributed by atoms with Crippen LogP contribution in [0.25, 0.3) is 0 Å². The maximum absolute atomic E-state index is 9.09. The molecule has 0 bridgehead atoms. The summed E-state index contributed by atoms with van der Waals surface area (Å²) in [5.74, 6) is 0. The Morgan fingerprint density at radius 2 is 1.45 bits per heavy atom. The first-order valence-electron chi connectivity index (χ1n) is 3.41. The highest BCUT2D eigenvalue weighted by Crippen LogP contribution is 2.18. The van der Waals surface area contributed by atoms with Crippen LogP contribution in [0.15, 0.2) is 0 Å². The van der Waals surface area contributed by atoms with Gasteiger partial charge in [-0.15, -0.1) is 0 Å². The first kappa shape index (κ1) is 8.89. The molecule has 1 heterocycles. The van der Waals surface area contributed by atoms with E-state index in [2.05, 4.69) is 4.74 Å². The molecule has 66 valence electrons. The van der Waals surface area contributed by atoms with E-state index in [1.165, 1.54) is 6.92 Å². The van der Waals surface area contributed by atoms with Gasteiger partial charge in [0.1, 0.15) is 18.3 Å². The van der Waals surface area contributed by atoms with E-state index < -0.39 is 30.7 Å². The van der Waals surface area contributed by atoms with Gasteiger partial charge in [0, 0.05) is 0 Å². The Morgan fingerprint density at radius 3 is 2.00 bits per heavy atom. The van der Waals surface area contributed by atoms with Crippen molar-refractivity contribution >= 4 is 0 Å². The summed E-state index contributed by atoms with van der Waals surface area (Å²) >= 11 is 0. The Morgan fingerprint density at radius 1 is 0.909 bits per heavy atom. The number of aliphatic hydroxyl groups is 4. The molecular weight excluding hydrogens is 152 g/mol. The highest BCUT2D eigenvalue weighted by atomic mass is 16.6. The van der Waals surface area contributed by atoms with Crippen LogP contribution >= 0.6 is 0 Å². The molecule has 0 aromatic heterocycles. The van der Waals surface area contributed by atoms with Crippen molar-refractivity contribution < 1.29 is 25.2 Å². The van der Waals surface area contributed by atoms with Crippen molar-refractivity contribution in [1.82, 2.24) is 0 Å². The van der Waals surface area contributed by atoms with E-state index in [0.29, 0.717) is 0 Å².